The highest BCUT2D eigenvalue weighted by Gasteiger charge is 2.14. The fourth-order valence-corrected chi connectivity index (χ4v) is 2.76. The van der Waals surface area contributed by atoms with Crippen LogP contribution >= 0.6 is 0 Å². The molecule has 0 aliphatic carbocycles. The van der Waals surface area contributed by atoms with Crippen molar-refractivity contribution < 1.29 is 0 Å². The minimum absolute atomic E-state index is 0.118. The van der Waals surface area contributed by atoms with E-state index in [9.17, 15) is 4.79 Å². The van der Waals surface area contributed by atoms with Crippen LogP contribution in [0.4, 0.5) is 0 Å². The van der Waals surface area contributed by atoms with Crippen molar-refractivity contribution in [3.63, 3.8) is 0 Å². The second kappa shape index (κ2) is 4.94. The zero-order chi connectivity index (χ0) is 12.4. The summed E-state index contributed by atoms with van der Waals surface area (Å²) < 4.78 is 2.23. The monoisotopic (exact) mass is 242 g/mol. The molecule has 1 N–H and O–H groups in total. The smallest absolute Gasteiger partial charge is 0.189 e. The summed E-state index contributed by atoms with van der Waals surface area (Å²) in [5.74, 6) is 0.720. The molecule has 0 bridgehead atoms. The summed E-state index contributed by atoms with van der Waals surface area (Å²) in [6.45, 7) is 3.24. The Morgan fingerprint density at radius 2 is 1.94 bits per heavy atom. The minimum atomic E-state index is 0.118. The van der Waals surface area contributed by atoms with Gasteiger partial charge in [-0.25, -0.2) is 0 Å². The van der Waals surface area contributed by atoms with Crippen LogP contribution in [0.1, 0.15) is 12.8 Å². The van der Waals surface area contributed by atoms with Crippen LogP contribution in [0.25, 0.3) is 10.9 Å². The molecule has 0 saturated carbocycles. The molecule has 1 aliphatic rings. The van der Waals surface area contributed by atoms with Crippen molar-refractivity contribution in [3.8, 4) is 0 Å². The van der Waals surface area contributed by atoms with Crippen molar-refractivity contribution in [2.24, 2.45) is 5.92 Å². The lowest BCUT2D eigenvalue weighted by Crippen LogP contribution is -2.30. The number of piperidine rings is 1. The zero-order valence-electron chi connectivity index (χ0n) is 10.4. The summed E-state index contributed by atoms with van der Waals surface area (Å²) in [5.41, 5.74) is 1.18. The lowest BCUT2D eigenvalue weighted by atomic mass is 9.98. The second-order valence-corrected chi connectivity index (χ2v) is 5.04. The van der Waals surface area contributed by atoms with E-state index in [1.165, 1.54) is 12.8 Å². The number of aromatic nitrogens is 1. The van der Waals surface area contributed by atoms with Gasteiger partial charge in [0.05, 0.1) is 5.52 Å². The Morgan fingerprint density at radius 3 is 2.78 bits per heavy atom. The normalized spacial score (nSPS) is 17.1. The molecule has 94 valence electrons. The average Bonchev–Trinajstić information content (AvgIpc) is 2.44. The molecule has 2 aromatic rings. The van der Waals surface area contributed by atoms with Crippen molar-refractivity contribution in [1.29, 1.82) is 0 Å². The van der Waals surface area contributed by atoms with E-state index in [-0.39, 0.29) is 5.43 Å². The number of para-hydroxylation sites is 1. The number of benzene rings is 1. The molecule has 0 atom stereocenters. The molecular weight excluding hydrogens is 224 g/mol. The fourth-order valence-electron chi connectivity index (χ4n) is 2.76. The van der Waals surface area contributed by atoms with Crippen molar-refractivity contribution in [1.82, 2.24) is 9.88 Å². The maximum absolute atomic E-state index is 11.8. The number of nitrogens with one attached hydrogen (secondary N) is 1. The van der Waals surface area contributed by atoms with Crippen LogP contribution in [-0.2, 0) is 6.54 Å². The molecule has 1 aromatic carbocycles. The number of hydrogen-bond acceptors (Lipinski definition) is 2. The van der Waals surface area contributed by atoms with Gasteiger partial charge in [0, 0.05) is 24.2 Å². The molecule has 3 nitrogen and oxygen atoms in total. The van der Waals surface area contributed by atoms with E-state index in [1.54, 1.807) is 6.07 Å². The molecule has 3 heteroatoms. The molecule has 0 spiro atoms. The van der Waals surface area contributed by atoms with Gasteiger partial charge < -0.3 is 9.88 Å². The number of pyridine rings is 1. The molecule has 1 aliphatic heterocycles. The molecule has 0 unspecified atom stereocenters. The van der Waals surface area contributed by atoms with Crippen LogP contribution in [0.15, 0.2) is 41.3 Å². The molecule has 2 heterocycles. The van der Waals surface area contributed by atoms with Gasteiger partial charge in [-0.2, -0.15) is 0 Å². The van der Waals surface area contributed by atoms with E-state index in [4.69, 9.17) is 0 Å². The number of rotatable bonds is 2. The molecule has 0 radical (unpaired) electrons. The highest BCUT2D eigenvalue weighted by Crippen LogP contribution is 2.17. The summed E-state index contributed by atoms with van der Waals surface area (Å²) in [7, 11) is 0. The van der Waals surface area contributed by atoms with E-state index in [1.807, 2.05) is 30.5 Å². The van der Waals surface area contributed by atoms with Crippen LogP contribution in [-0.4, -0.2) is 17.7 Å². The Balaban J connectivity index is 1.96. The van der Waals surface area contributed by atoms with E-state index in [2.05, 4.69) is 9.88 Å². The first-order chi connectivity index (χ1) is 8.84. The van der Waals surface area contributed by atoms with Crippen LogP contribution in [0, 0.1) is 5.92 Å². The van der Waals surface area contributed by atoms with Crippen molar-refractivity contribution in [2.45, 2.75) is 19.4 Å². The van der Waals surface area contributed by atoms with Crippen LogP contribution < -0.4 is 10.7 Å². The standard InChI is InChI=1S/C15H18N2O/c18-15-7-10-17(11-12-5-8-16-9-6-12)14-4-2-1-3-13(14)15/h1-4,7,10,12,16H,5-6,8-9,11H2. The summed E-state index contributed by atoms with van der Waals surface area (Å²) in [4.78, 5) is 11.8. The molecule has 3 rings (SSSR count). The highest BCUT2D eigenvalue weighted by molar-refractivity contribution is 5.78. The van der Waals surface area contributed by atoms with Crippen LogP contribution in [0.3, 0.4) is 0 Å². The largest absolute Gasteiger partial charge is 0.347 e. The zero-order valence-corrected chi connectivity index (χ0v) is 10.4. The molecule has 0 amide bonds. The van der Waals surface area contributed by atoms with Crippen LogP contribution in [0.5, 0.6) is 0 Å². The molecule has 1 aromatic heterocycles. The van der Waals surface area contributed by atoms with Crippen LogP contribution in [0.2, 0.25) is 0 Å². The third kappa shape index (κ3) is 2.18. The first-order valence-electron chi connectivity index (χ1n) is 6.63. The average molecular weight is 242 g/mol. The Kier molecular flexibility index (Phi) is 3.15. The van der Waals surface area contributed by atoms with Gasteiger partial charge in [0.25, 0.3) is 0 Å². The Bertz CT molecular complexity index is 597. The second-order valence-electron chi connectivity index (χ2n) is 5.04. The van der Waals surface area contributed by atoms with E-state index in [0.717, 1.165) is 36.5 Å². The summed E-state index contributed by atoms with van der Waals surface area (Å²) in [6, 6.07) is 9.57. The molecule has 1 fully saturated rings. The van der Waals surface area contributed by atoms with Gasteiger partial charge in [-0.1, -0.05) is 12.1 Å². The lowest BCUT2D eigenvalue weighted by molar-refractivity contribution is 0.336. The highest BCUT2D eigenvalue weighted by atomic mass is 16.1. The predicted octanol–water partition coefficient (Wildman–Crippen LogP) is 2.00. The summed E-state index contributed by atoms with van der Waals surface area (Å²) >= 11 is 0. The Hall–Kier alpha value is -1.61. The van der Waals surface area contributed by atoms with E-state index < -0.39 is 0 Å². The maximum Gasteiger partial charge on any atom is 0.189 e. The van der Waals surface area contributed by atoms with E-state index >= 15 is 0 Å². The maximum atomic E-state index is 11.8. The van der Waals surface area contributed by atoms with Gasteiger partial charge >= 0.3 is 0 Å². The molecule has 1 saturated heterocycles. The Morgan fingerprint density at radius 1 is 1.17 bits per heavy atom. The first-order valence-corrected chi connectivity index (χ1v) is 6.63. The van der Waals surface area contributed by atoms with Crippen molar-refractivity contribution in [3.05, 3.63) is 46.8 Å². The first kappa shape index (κ1) is 11.5. The topological polar surface area (TPSA) is 34.0 Å². The third-order valence-electron chi connectivity index (χ3n) is 3.80. The summed E-state index contributed by atoms with van der Waals surface area (Å²) in [5, 5.41) is 4.22. The number of hydrogen-bond donors (Lipinski definition) is 1. The Labute approximate surface area is 106 Å². The number of nitrogens with zero attached hydrogens (tertiary/aromatic N) is 1. The number of fused-ring (bicyclic) bond motifs is 1. The van der Waals surface area contributed by atoms with Gasteiger partial charge in [-0.05, 0) is 44.0 Å². The molecular formula is C15H18N2O. The van der Waals surface area contributed by atoms with Gasteiger partial charge in [0.15, 0.2) is 5.43 Å². The van der Waals surface area contributed by atoms with E-state index in [0.29, 0.717) is 0 Å². The van der Waals surface area contributed by atoms with Crippen molar-refractivity contribution in [2.75, 3.05) is 13.1 Å². The summed E-state index contributed by atoms with van der Waals surface area (Å²) in [6.07, 6.45) is 4.38. The van der Waals surface area contributed by atoms with Gasteiger partial charge in [-0.3, -0.25) is 4.79 Å². The minimum Gasteiger partial charge on any atom is -0.347 e. The lowest BCUT2D eigenvalue weighted by Gasteiger charge is -2.24. The fraction of sp³-hybridized carbons (Fsp3) is 0.400. The molecule has 18 heavy (non-hydrogen) atoms. The van der Waals surface area contributed by atoms with Gasteiger partial charge in [-0.15, -0.1) is 0 Å². The third-order valence-corrected chi connectivity index (χ3v) is 3.80. The van der Waals surface area contributed by atoms with Gasteiger partial charge in [0.1, 0.15) is 0 Å². The van der Waals surface area contributed by atoms with Gasteiger partial charge in [0.2, 0.25) is 0 Å². The predicted molar refractivity (Wildman–Crippen MR) is 73.8 cm³/mol. The van der Waals surface area contributed by atoms with Crippen molar-refractivity contribution >= 4 is 10.9 Å². The SMILES string of the molecule is O=c1ccn(CC2CCNCC2)c2ccccc12. The quantitative estimate of drug-likeness (QED) is 0.874.